The predicted molar refractivity (Wildman–Crippen MR) is 102 cm³/mol. The van der Waals surface area contributed by atoms with Crippen molar-refractivity contribution in [1.29, 1.82) is 0 Å². The van der Waals surface area contributed by atoms with E-state index in [-0.39, 0.29) is 17.9 Å². The third-order valence-corrected chi connectivity index (χ3v) is 5.05. The van der Waals surface area contributed by atoms with Crippen molar-refractivity contribution in [2.45, 2.75) is 18.8 Å². The fraction of sp³-hybridized carbons (Fsp3) is 0.286. The van der Waals surface area contributed by atoms with E-state index in [0.717, 1.165) is 5.56 Å². The molecule has 1 saturated heterocycles. The Hall–Kier alpha value is -3.19. The molecule has 1 aromatic carbocycles. The highest BCUT2D eigenvalue weighted by molar-refractivity contribution is 5.97. The van der Waals surface area contributed by atoms with Crippen molar-refractivity contribution in [2.24, 2.45) is 11.8 Å². The Morgan fingerprint density at radius 1 is 1.07 bits per heavy atom. The van der Waals surface area contributed by atoms with Gasteiger partial charge in [0.15, 0.2) is 0 Å². The Labute approximate surface area is 162 Å². The number of anilines is 1. The van der Waals surface area contributed by atoms with E-state index in [0.29, 0.717) is 18.0 Å². The van der Waals surface area contributed by atoms with Crippen LogP contribution >= 0.6 is 0 Å². The molecule has 2 aromatic rings. The number of nitrogens with zero attached hydrogens (tertiary/aromatic N) is 1. The summed E-state index contributed by atoms with van der Waals surface area (Å²) in [6.07, 6.45) is 6.32. The molecule has 2 aliphatic heterocycles. The molecule has 1 aromatic heterocycles. The highest BCUT2D eigenvalue weighted by Gasteiger charge is 2.52. The van der Waals surface area contributed by atoms with E-state index in [9.17, 15) is 9.59 Å². The van der Waals surface area contributed by atoms with Crippen LogP contribution in [0.5, 0.6) is 5.75 Å². The molecular formula is C21H21N3O4. The number of hydrogen-bond acceptors (Lipinski definition) is 5. The van der Waals surface area contributed by atoms with E-state index in [1.807, 2.05) is 24.3 Å². The van der Waals surface area contributed by atoms with E-state index < -0.39 is 17.9 Å². The topological polar surface area (TPSA) is 89.5 Å². The summed E-state index contributed by atoms with van der Waals surface area (Å²) >= 11 is 0. The molecule has 0 radical (unpaired) electrons. The molecule has 4 rings (SSSR count). The van der Waals surface area contributed by atoms with Gasteiger partial charge < -0.3 is 20.1 Å². The number of ether oxygens (including phenoxy) is 2. The molecule has 0 spiro atoms. The molecule has 0 unspecified atom stereocenters. The van der Waals surface area contributed by atoms with Gasteiger partial charge in [-0.25, -0.2) is 0 Å². The lowest BCUT2D eigenvalue weighted by Crippen LogP contribution is -2.44. The molecule has 2 aliphatic rings. The van der Waals surface area contributed by atoms with Crippen LogP contribution in [-0.2, 0) is 20.9 Å². The van der Waals surface area contributed by atoms with Crippen molar-refractivity contribution in [2.75, 3.05) is 12.4 Å². The first-order chi connectivity index (χ1) is 13.7. The number of carbonyl (C=O) groups excluding carboxylic acids is 2. The molecule has 2 N–H and O–H groups in total. The van der Waals surface area contributed by atoms with Crippen molar-refractivity contribution < 1.29 is 19.1 Å². The van der Waals surface area contributed by atoms with Crippen LogP contribution in [0.25, 0.3) is 0 Å². The van der Waals surface area contributed by atoms with Crippen LogP contribution in [0.15, 0.2) is 60.9 Å². The molecule has 3 heterocycles. The lowest BCUT2D eigenvalue weighted by molar-refractivity contribution is -0.131. The van der Waals surface area contributed by atoms with Gasteiger partial charge in [-0.1, -0.05) is 18.2 Å². The number of pyridine rings is 1. The number of benzene rings is 1. The lowest BCUT2D eigenvalue weighted by Gasteiger charge is -2.23. The van der Waals surface area contributed by atoms with Gasteiger partial charge in [0.05, 0.1) is 31.2 Å². The van der Waals surface area contributed by atoms with Crippen LogP contribution in [0.1, 0.15) is 5.56 Å². The van der Waals surface area contributed by atoms with E-state index in [1.165, 1.54) is 0 Å². The van der Waals surface area contributed by atoms with Gasteiger partial charge in [-0.2, -0.15) is 0 Å². The first-order valence-corrected chi connectivity index (χ1v) is 9.11. The van der Waals surface area contributed by atoms with Crippen molar-refractivity contribution in [3.8, 4) is 5.75 Å². The molecule has 144 valence electrons. The normalized spacial score (nSPS) is 24.8. The Bertz CT molecular complexity index is 882. The first kappa shape index (κ1) is 18.2. The van der Waals surface area contributed by atoms with E-state index in [1.54, 1.807) is 43.8 Å². The van der Waals surface area contributed by atoms with Crippen LogP contribution in [0.4, 0.5) is 5.69 Å². The molecule has 0 aliphatic carbocycles. The van der Waals surface area contributed by atoms with Gasteiger partial charge in [-0.05, 0) is 35.9 Å². The molecular weight excluding hydrogens is 358 g/mol. The standard InChI is InChI=1S/C21H21N3O4/c1-27-15-6-4-14(5-7-15)24-21(26)19-17-9-8-16(28-17)18(19)20(25)23-12-13-3-2-10-22-11-13/h2-11,16-19H,12H2,1H3,(H,23,25)(H,24,26)/t16-,17-,18-,19-/m1/s1. The van der Waals surface area contributed by atoms with Crippen molar-refractivity contribution in [3.63, 3.8) is 0 Å². The maximum Gasteiger partial charge on any atom is 0.231 e. The Kier molecular flexibility index (Phi) is 5.08. The largest absolute Gasteiger partial charge is 0.497 e. The second-order valence-electron chi connectivity index (χ2n) is 6.80. The van der Waals surface area contributed by atoms with E-state index in [4.69, 9.17) is 9.47 Å². The van der Waals surface area contributed by atoms with Crippen molar-refractivity contribution in [1.82, 2.24) is 10.3 Å². The van der Waals surface area contributed by atoms with Gasteiger partial charge in [0.25, 0.3) is 0 Å². The maximum absolute atomic E-state index is 12.9. The van der Waals surface area contributed by atoms with Crippen LogP contribution in [0, 0.1) is 11.8 Å². The third kappa shape index (κ3) is 3.61. The summed E-state index contributed by atoms with van der Waals surface area (Å²) in [4.78, 5) is 29.8. The minimum atomic E-state index is -0.578. The minimum absolute atomic E-state index is 0.199. The molecule has 28 heavy (non-hydrogen) atoms. The zero-order chi connectivity index (χ0) is 19.5. The number of amides is 2. The molecule has 2 amide bonds. The van der Waals surface area contributed by atoms with Crippen molar-refractivity contribution >= 4 is 17.5 Å². The smallest absolute Gasteiger partial charge is 0.231 e. The first-order valence-electron chi connectivity index (χ1n) is 9.11. The van der Waals surface area contributed by atoms with Gasteiger partial charge in [-0.15, -0.1) is 0 Å². The quantitative estimate of drug-likeness (QED) is 0.749. The van der Waals surface area contributed by atoms with Crippen LogP contribution in [0.3, 0.4) is 0 Å². The maximum atomic E-state index is 12.9. The Morgan fingerprint density at radius 2 is 1.79 bits per heavy atom. The fourth-order valence-electron chi connectivity index (χ4n) is 3.64. The fourth-order valence-corrected chi connectivity index (χ4v) is 3.64. The van der Waals surface area contributed by atoms with Crippen molar-refractivity contribution in [3.05, 3.63) is 66.5 Å². The summed E-state index contributed by atoms with van der Waals surface area (Å²) < 4.78 is 10.9. The molecule has 2 bridgehead atoms. The van der Waals surface area contributed by atoms with Gasteiger partial charge >= 0.3 is 0 Å². The van der Waals surface area contributed by atoms with Gasteiger partial charge in [-0.3, -0.25) is 14.6 Å². The summed E-state index contributed by atoms with van der Waals surface area (Å²) in [5, 5.41) is 5.78. The molecule has 7 heteroatoms. The summed E-state index contributed by atoms with van der Waals surface area (Å²) in [5.74, 6) is -0.869. The number of fused-ring (bicyclic) bond motifs is 2. The second kappa shape index (κ2) is 7.82. The minimum Gasteiger partial charge on any atom is -0.497 e. The summed E-state index contributed by atoms with van der Waals surface area (Å²) in [5.41, 5.74) is 1.54. The zero-order valence-electron chi connectivity index (χ0n) is 15.4. The van der Waals surface area contributed by atoms with Crippen LogP contribution in [-0.4, -0.2) is 36.1 Å². The average molecular weight is 379 g/mol. The summed E-state index contributed by atoms with van der Waals surface area (Å²) in [7, 11) is 1.58. The summed E-state index contributed by atoms with van der Waals surface area (Å²) in [6.45, 7) is 0.358. The second-order valence-corrected chi connectivity index (χ2v) is 6.80. The molecule has 7 nitrogen and oxygen atoms in total. The highest BCUT2D eigenvalue weighted by atomic mass is 16.5. The number of methoxy groups -OCH3 is 1. The molecule has 4 atom stereocenters. The SMILES string of the molecule is COc1ccc(NC(=O)[C@H]2[C@H](C(=O)NCc3cccnc3)[C@H]3C=C[C@H]2O3)cc1. The number of carbonyl (C=O) groups is 2. The van der Waals surface area contributed by atoms with Crippen LogP contribution < -0.4 is 15.4 Å². The zero-order valence-corrected chi connectivity index (χ0v) is 15.4. The van der Waals surface area contributed by atoms with Crippen LogP contribution in [0.2, 0.25) is 0 Å². The molecule has 0 saturated carbocycles. The number of aromatic nitrogens is 1. The number of hydrogen-bond donors (Lipinski definition) is 2. The van der Waals surface area contributed by atoms with Gasteiger partial charge in [0.2, 0.25) is 11.8 Å². The lowest BCUT2D eigenvalue weighted by atomic mass is 9.81. The predicted octanol–water partition coefficient (Wildman–Crippen LogP) is 1.91. The monoisotopic (exact) mass is 379 g/mol. The highest BCUT2D eigenvalue weighted by Crippen LogP contribution is 2.40. The molecule has 1 fully saturated rings. The number of rotatable bonds is 6. The Balaban J connectivity index is 1.44. The average Bonchev–Trinajstić information content (AvgIpc) is 3.35. The Morgan fingerprint density at radius 3 is 2.43 bits per heavy atom. The van der Waals surface area contributed by atoms with E-state index >= 15 is 0 Å². The third-order valence-electron chi connectivity index (χ3n) is 5.05. The van der Waals surface area contributed by atoms with Gasteiger partial charge in [0, 0.05) is 24.6 Å². The van der Waals surface area contributed by atoms with Gasteiger partial charge in [0.1, 0.15) is 5.75 Å². The van der Waals surface area contributed by atoms with E-state index in [2.05, 4.69) is 15.6 Å². The summed E-state index contributed by atoms with van der Waals surface area (Å²) in [6, 6.07) is 10.8. The number of nitrogens with one attached hydrogen (secondary N) is 2.